The number of anilines is 4. The molecule has 0 saturated carbocycles. The quantitative estimate of drug-likeness (QED) is 0.127. The van der Waals surface area contributed by atoms with Crippen molar-refractivity contribution in [3.05, 3.63) is 108 Å². The second kappa shape index (κ2) is 18.2. The normalized spacial score (nSPS) is 16.0. The number of carbonyl (C=O) groups is 2. The number of amides is 2. The molecule has 4 aromatic carbocycles. The third-order valence-electron chi connectivity index (χ3n) is 11.1. The summed E-state index contributed by atoms with van der Waals surface area (Å²) in [6, 6.07) is 21.5. The first-order chi connectivity index (χ1) is 29.9. The minimum atomic E-state index is -4.60. The number of nitrogens with zero attached hydrogens (tertiary/aromatic N) is 7. The Morgan fingerprint density at radius 1 is 0.710 bits per heavy atom. The topological polar surface area (TPSA) is 150 Å². The van der Waals surface area contributed by atoms with Crippen LogP contribution in [-0.4, -0.2) is 108 Å². The number of alkyl halides is 3. The van der Waals surface area contributed by atoms with E-state index >= 15 is 0 Å². The van der Waals surface area contributed by atoms with Crippen LogP contribution >= 0.6 is 0 Å². The summed E-state index contributed by atoms with van der Waals surface area (Å²) >= 11 is 0. The summed E-state index contributed by atoms with van der Waals surface area (Å²) in [7, 11) is 4.18. The number of hydrogen-bond donors (Lipinski definition) is 3. The highest BCUT2D eigenvalue weighted by Crippen LogP contribution is 2.31. The zero-order valence-corrected chi connectivity index (χ0v) is 34.5. The SMILES string of the molecule is Cc1ccc(OC(C(=O)Nc2ccc3nc(N4CCC(N(C)C)CC4)ncc3c2)C(Oc2ccc(C(F)(F)F)cc2)C(=O)Nc2ccc3nc(N4CCNCC4)ncc3c2)cc1. The molecule has 17 heteroatoms. The van der Waals surface area contributed by atoms with Crippen molar-refractivity contribution in [2.24, 2.45) is 0 Å². The lowest BCUT2D eigenvalue weighted by atomic mass is 10.0. The summed E-state index contributed by atoms with van der Waals surface area (Å²) in [5.74, 6) is -0.176. The molecule has 62 heavy (non-hydrogen) atoms. The third kappa shape index (κ3) is 9.95. The maximum Gasteiger partial charge on any atom is 0.416 e. The highest BCUT2D eigenvalue weighted by Gasteiger charge is 2.39. The Morgan fingerprint density at radius 3 is 1.65 bits per heavy atom. The molecule has 3 N–H and O–H groups in total. The first-order valence-electron chi connectivity index (χ1n) is 20.5. The van der Waals surface area contributed by atoms with E-state index in [1.165, 1.54) is 0 Å². The summed E-state index contributed by atoms with van der Waals surface area (Å²) < 4.78 is 53.0. The second-order valence-electron chi connectivity index (χ2n) is 15.7. The molecular formula is C45H47F3N10O4. The first kappa shape index (κ1) is 42.1. The Hall–Kier alpha value is -6.59. The number of piperazine rings is 1. The number of nitrogens with one attached hydrogen (secondary N) is 3. The lowest BCUT2D eigenvalue weighted by molar-refractivity contribution is -0.137. The molecule has 2 unspecified atom stereocenters. The van der Waals surface area contributed by atoms with Crippen LogP contribution in [0.1, 0.15) is 24.0 Å². The van der Waals surface area contributed by atoms with E-state index in [0.29, 0.717) is 51.1 Å². The predicted octanol–water partition coefficient (Wildman–Crippen LogP) is 6.31. The largest absolute Gasteiger partial charge is 0.476 e. The molecule has 2 aliphatic heterocycles. The molecule has 2 aliphatic rings. The number of carbonyl (C=O) groups excluding carboxylic acids is 2. The second-order valence-corrected chi connectivity index (χ2v) is 15.7. The zero-order valence-electron chi connectivity index (χ0n) is 34.5. The highest BCUT2D eigenvalue weighted by atomic mass is 19.4. The van der Waals surface area contributed by atoms with Gasteiger partial charge in [0.1, 0.15) is 11.5 Å². The Morgan fingerprint density at radius 2 is 1.18 bits per heavy atom. The molecule has 0 bridgehead atoms. The number of ether oxygens (including phenoxy) is 2. The van der Waals surface area contributed by atoms with Crippen LogP contribution in [0.4, 0.5) is 36.4 Å². The summed E-state index contributed by atoms with van der Waals surface area (Å²) in [6.45, 7) is 6.74. The van der Waals surface area contributed by atoms with Crippen LogP contribution in [0.2, 0.25) is 0 Å². The standard InChI is InChI=1S/C45H47F3N10O4/c1-28-4-10-35(11-5-28)61-39(41(59)52-32-8-14-37-29(24-32)26-50-43(54-37)57-20-16-34(17-21-57)56(2)3)40(62-36-12-6-31(7-13-36)45(46,47)48)42(60)53-33-9-15-38-30(25-33)27-51-44(55-38)58-22-18-49-19-23-58/h4-15,24-27,34,39-40,49H,16-23H2,1-3H3,(H,52,59)(H,53,60). The minimum absolute atomic E-state index is 0.0968. The Bertz CT molecular complexity index is 2530. The van der Waals surface area contributed by atoms with Gasteiger partial charge in [0.25, 0.3) is 11.8 Å². The molecule has 6 aromatic rings. The number of rotatable bonds is 12. The summed E-state index contributed by atoms with van der Waals surface area (Å²) in [4.78, 5) is 54.1. The lowest BCUT2D eigenvalue weighted by Crippen LogP contribution is -2.51. The molecule has 2 atom stereocenters. The van der Waals surface area contributed by atoms with E-state index in [-0.39, 0.29) is 11.5 Å². The van der Waals surface area contributed by atoms with Crippen LogP contribution < -0.4 is 35.2 Å². The fraction of sp³-hybridized carbons (Fsp3) is 0.333. The zero-order chi connectivity index (χ0) is 43.4. The molecule has 0 radical (unpaired) electrons. The van der Waals surface area contributed by atoms with Crippen molar-refractivity contribution in [3.8, 4) is 11.5 Å². The van der Waals surface area contributed by atoms with Gasteiger partial charge in [0, 0.05) is 79.9 Å². The van der Waals surface area contributed by atoms with Crippen LogP contribution in [-0.2, 0) is 15.8 Å². The lowest BCUT2D eigenvalue weighted by Gasteiger charge is -2.35. The number of halogens is 3. The van der Waals surface area contributed by atoms with E-state index < -0.39 is 35.8 Å². The van der Waals surface area contributed by atoms with Gasteiger partial charge in [0.05, 0.1) is 16.6 Å². The van der Waals surface area contributed by atoms with Crippen molar-refractivity contribution in [2.75, 3.05) is 73.8 Å². The van der Waals surface area contributed by atoms with Crippen molar-refractivity contribution in [1.29, 1.82) is 0 Å². The Labute approximate surface area is 356 Å². The molecular weight excluding hydrogens is 802 g/mol. The van der Waals surface area contributed by atoms with E-state index in [9.17, 15) is 22.8 Å². The number of fused-ring (bicyclic) bond motifs is 2. The van der Waals surface area contributed by atoms with Crippen LogP contribution in [0.15, 0.2) is 97.3 Å². The number of benzene rings is 4. The molecule has 2 aromatic heterocycles. The van der Waals surface area contributed by atoms with E-state index in [4.69, 9.17) is 19.4 Å². The maximum atomic E-state index is 14.5. The van der Waals surface area contributed by atoms with Gasteiger partial charge in [-0.15, -0.1) is 0 Å². The summed E-state index contributed by atoms with van der Waals surface area (Å²) in [6.07, 6.45) is -2.61. The molecule has 2 amide bonds. The summed E-state index contributed by atoms with van der Waals surface area (Å²) in [5.41, 5.74) is 2.06. The molecule has 8 rings (SSSR count). The van der Waals surface area contributed by atoms with E-state index in [1.54, 1.807) is 73.1 Å². The van der Waals surface area contributed by atoms with Gasteiger partial charge in [0.15, 0.2) is 0 Å². The monoisotopic (exact) mass is 848 g/mol. The van der Waals surface area contributed by atoms with Crippen LogP contribution in [0.3, 0.4) is 0 Å². The molecule has 2 saturated heterocycles. The molecule has 4 heterocycles. The van der Waals surface area contributed by atoms with E-state index in [2.05, 4.69) is 54.7 Å². The van der Waals surface area contributed by atoms with Gasteiger partial charge in [0.2, 0.25) is 24.1 Å². The van der Waals surface area contributed by atoms with Crippen LogP contribution in [0.25, 0.3) is 21.8 Å². The van der Waals surface area contributed by atoms with Crippen molar-refractivity contribution < 1.29 is 32.2 Å². The Balaban J connectivity index is 1.08. The number of piperidine rings is 1. The van der Waals surface area contributed by atoms with Gasteiger partial charge >= 0.3 is 6.18 Å². The number of hydrogen-bond acceptors (Lipinski definition) is 12. The van der Waals surface area contributed by atoms with Crippen molar-refractivity contribution in [3.63, 3.8) is 0 Å². The average molecular weight is 849 g/mol. The van der Waals surface area contributed by atoms with Gasteiger partial charge < -0.3 is 40.1 Å². The van der Waals surface area contributed by atoms with Crippen LogP contribution in [0, 0.1) is 6.92 Å². The van der Waals surface area contributed by atoms with Gasteiger partial charge in [-0.1, -0.05) is 17.7 Å². The third-order valence-corrected chi connectivity index (χ3v) is 11.1. The van der Waals surface area contributed by atoms with Gasteiger partial charge in [-0.05, 0) is 107 Å². The average Bonchev–Trinajstić information content (AvgIpc) is 3.28. The molecule has 322 valence electrons. The maximum absolute atomic E-state index is 14.5. The fourth-order valence-electron chi connectivity index (χ4n) is 7.52. The minimum Gasteiger partial charge on any atom is -0.476 e. The summed E-state index contributed by atoms with van der Waals surface area (Å²) in [5, 5.41) is 10.3. The molecule has 2 fully saturated rings. The van der Waals surface area contributed by atoms with E-state index in [1.807, 2.05) is 6.92 Å². The van der Waals surface area contributed by atoms with Gasteiger partial charge in [-0.25, -0.2) is 19.9 Å². The number of aromatic nitrogens is 4. The molecule has 0 aliphatic carbocycles. The molecule has 14 nitrogen and oxygen atoms in total. The first-order valence-corrected chi connectivity index (χ1v) is 20.5. The predicted molar refractivity (Wildman–Crippen MR) is 232 cm³/mol. The van der Waals surface area contributed by atoms with Crippen molar-refractivity contribution >= 4 is 56.9 Å². The van der Waals surface area contributed by atoms with Crippen molar-refractivity contribution in [1.82, 2.24) is 30.2 Å². The molecule has 0 spiro atoms. The Kier molecular flexibility index (Phi) is 12.3. The van der Waals surface area contributed by atoms with Gasteiger partial charge in [-0.3, -0.25) is 9.59 Å². The van der Waals surface area contributed by atoms with Crippen molar-refractivity contribution in [2.45, 2.75) is 44.2 Å². The highest BCUT2D eigenvalue weighted by molar-refractivity contribution is 6.04. The fourth-order valence-corrected chi connectivity index (χ4v) is 7.52. The van der Waals surface area contributed by atoms with E-state index in [0.717, 1.165) is 81.9 Å². The number of aryl methyl sites for hydroxylation is 1. The van der Waals surface area contributed by atoms with Crippen LogP contribution in [0.5, 0.6) is 11.5 Å². The smallest absolute Gasteiger partial charge is 0.416 e. The van der Waals surface area contributed by atoms with Gasteiger partial charge in [-0.2, -0.15) is 13.2 Å².